The van der Waals surface area contributed by atoms with E-state index in [0.717, 1.165) is 38.0 Å². The zero-order valence-corrected chi connectivity index (χ0v) is 19.6. The fourth-order valence-corrected chi connectivity index (χ4v) is 7.12. The van der Waals surface area contributed by atoms with Crippen LogP contribution < -0.4 is 10.6 Å². The third-order valence-electron chi connectivity index (χ3n) is 8.89. The summed E-state index contributed by atoms with van der Waals surface area (Å²) in [7, 11) is 0. The summed E-state index contributed by atoms with van der Waals surface area (Å²) in [5.74, 6) is 0.809. The Kier molecular flexibility index (Phi) is 5.87. The standard InChI is InChI=1S/C29H37N3O/c33-29(31-24-14-11-21-5-1-2-6-22(21)19-24)30-23-12-9-20(10-13-23)17-18-32-27-15-16-28(32)26-8-4-3-7-25(26)27/h1-8,20,23-24,27-28H,9-19H2,(H2,30,31,33). The number of urea groups is 1. The highest BCUT2D eigenvalue weighted by molar-refractivity contribution is 5.74. The van der Waals surface area contributed by atoms with E-state index in [1.54, 1.807) is 11.1 Å². The molecular formula is C29H37N3O. The Morgan fingerprint density at radius 1 is 0.758 bits per heavy atom. The van der Waals surface area contributed by atoms with Gasteiger partial charge < -0.3 is 10.6 Å². The van der Waals surface area contributed by atoms with Crippen molar-refractivity contribution in [1.82, 2.24) is 15.5 Å². The van der Waals surface area contributed by atoms with Gasteiger partial charge >= 0.3 is 6.03 Å². The molecule has 4 heteroatoms. The van der Waals surface area contributed by atoms with Crippen LogP contribution in [-0.2, 0) is 12.8 Å². The maximum Gasteiger partial charge on any atom is 0.315 e. The van der Waals surface area contributed by atoms with E-state index in [1.807, 2.05) is 0 Å². The highest BCUT2D eigenvalue weighted by Gasteiger charge is 2.43. The molecule has 2 heterocycles. The van der Waals surface area contributed by atoms with Crippen molar-refractivity contribution in [2.75, 3.05) is 6.54 Å². The number of benzene rings is 2. The Bertz CT molecular complexity index is 965. The molecule has 33 heavy (non-hydrogen) atoms. The zero-order chi connectivity index (χ0) is 22.2. The van der Waals surface area contributed by atoms with E-state index in [9.17, 15) is 4.79 Å². The third kappa shape index (κ3) is 4.30. The van der Waals surface area contributed by atoms with Crippen molar-refractivity contribution in [2.24, 2.45) is 5.92 Å². The Balaban J connectivity index is 0.932. The van der Waals surface area contributed by atoms with Gasteiger partial charge in [0.25, 0.3) is 0 Å². The summed E-state index contributed by atoms with van der Waals surface area (Å²) in [4.78, 5) is 15.4. The van der Waals surface area contributed by atoms with Gasteiger partial charge in [0.2, 0.25) is 0 Å². The predicted octanol–water partition coefficient (Wildman–Crippen LogP) is 5.68. The molecule has 1 saturated heterocycles. The Morgan fingerprint density at radius 2 is 1.39 bits per heavy atom. The molecule has 0 radical (unpaired) electrons. The van der Waals surface area contributed by atoms with Crippen molar-refractivity contribution >= 4 is 6.03 Å². The fraction of sp³-hybridized carbons (Fsp3) is 0.552. The Morgan fingerprint density at radius 3 is 2.12 bits per heavy atom. The van der Waals surface area contributed by atoms with E-state index in [-0.39, 0.29) is 12.1 Å². The second kappa shape index (κ2) is 9.13. The predicted molar refractivity (Wildman–Crippen MR) is 132 cm³/mol. The summed E-state index contributed by atoms with van der Waals surface area (Å²) in [6.07, 6.45) is 11.8. The minimum Gasteiger partial charge on any atom is -0.335 e. The normalized spacial score (nSPS) is 30.5. The van der Waals surface area contributed by atoms with Gasteiger partial charge in [0, 0.05) is 24.2 Å². The first-order chi connectivity index (χ1) is 16.2. The van der Waals surface area contributed by atoms with E-state index in [2.05, 4.69) is 64.1 Å². The van der Waals surface area contributed by atoms with Gasteiger partial charge in [0.15, 0.2) is 0 Å². The van der Waals surface area contributed by atoms with Crippen LogP contribution >= 0.6 is 0 Å². The molecule has 174 valence electrons. The van der Waals surface area contributed by atoms with Crippen LogP contribution in [0, 0.1) is 5.92 Å². The first kappa shape index (κ1) is 21.2. The SMILES string of the molecule is O=C(NC1CCC(CCN2C3CCC2c2ccccc23)CC1)NC1CCc2ccccc2C1. The number of hydrogen-bond donors (Lipinski definition) is 2. The van der Waals surface area contributed by atoms with Crippen molar-refractivity contribution in [3.8, 4) is 0 Å². The Labute approximate surface area is 198 Å². The molecule has 2 N–H and O–H groups in total. The maximum absolute atomic E-state index is 12.6. The number of nitrogens with zero attached hydrogens (tertiary/aromatic N) is 1. The maximum atomic E-state index is 12.6. The van der Waals surface area contributed by atoms with Gasteiger partial charge in [-0.05, 0) is 98.9 Å². The first-order valence-corrected chi connectivity index (χ1v) is 13.2. The van der Waals surface area contributed by atoms with Gasteiger partial charge in [-0.2, -0.15) is 0 Å². The quantitative estimate of drug-likeness (QED) is 0.624. The topological polar surface area (TPSA) is 44.4 Å². The molecule has 3 unspecified atom stereocenters. The summed E-state index contributed by atoms with van der Waals surface area (Å²) in [5, 5.41) is 6.53. The van der Waals surface area contributed by atoms with Gasteiger partial charge in [-0.1, -0.05) is 48.5 Å². The van der Waals surface area contributed by atoms with E-state index in [1.165, 1.54) is 49.8 Å². The van der Waals surface area contributed by atoms with Crippen molar-refractivity contribution in [3.05, 3.63) is 70.8 Å². The number of rotatable bonds is 5. The smallest absolute Gasteiger partial charge is 0.315 e. The molecule has 6 rings (SSSR count). The summed E-state index contributed by atoms with van der Waals surface area (Å²) in [6, 6.07) is 19.7. The monoisotopic (exact) mass is 443 g/mol. The van der Waals surface area contributed by atoms with E-state index in [0.29, 0.717) is 18.1 Å². The van der Waals surface area contributed by atoms with Crippen LogP contribution in [0.2, 0.25) is 0 Å². The third-order valence-corrected chi connectivity index (χ3v) is 8.89. The number of carbonyl (C=O) groups is 1. The number of hydrogen-bond acceptors (Lipinski definition) is 2. The largest absolute Gasteiger partial charge is 0.335 e. The summed E-state index contributed by atoms with van der Waals surface area (Å²) >= 11 is 0. The minimum atomic E-state index is 0.0363. The summed E-state index contributed by atoms with van der Waals surface area (Å²) < 4.78 is 0. The van der Waals surface area contributed by atoms with Gasteiger partial charge in [0.05, 0.1) is 0 Å². The molecular weight excluding hydrogens is 406 g/mol. The van der Waals surface area contributed by atoms with Crippen molar-refractivity contribution < 1.29 is 4.79 Å². The molecule has 2 aromatic rings. The van der Waals surface area contributed by atoms with Crippen LogP contribution in [0.4, 0.5) is 4.79 Å². The fourth-order valence-electron chi connectivity index (χ4n) is 7.12. The van der Waals surface area contributed by atoms with Crippen LogP contribution in [0.15, 0.2) is 48.5 Å². The van der Waals surface area contributed by atoms with Gasteiger partial charge in [-0.25, -0.2) is 4.79 Å². The number of aryl methyl sites for hydroxylation is 1. The number of fused-ring (bicyclic) bond motifs is 6. The molecule has 2 bridgehead atoms. The van der Waals surface area contributed by atoms with E-state index >= 15 is 0 Å². The second-order valence-corrected chi connectivity index (χ2v) is 10.8. The van der Waals surface area contributed by atoms with Gasteiger partial charge in [0.1, 0.15) is 0 Å². The second-order valence-electron chi connectivity index (χ2n) is 10.8. The number of amides is 2. The molecule has 1 saturated carbocycles. The molecule has 2 fully saturated rings. The van der Waals surface area contributed by atoms with E-state index in [4.69, 9.17) is 0 Å². The van der Waals surface area contributed by atoms with Crippen LogP contribution in [-0.4, -0.2) is 29.6 Å². The van der Waals surface area contributed by atoms with Crippen LogP contribution in [0.25, 0.3) is 0 Å². The van der Waals surface area contributed by atoms with Crippen LogP contribution in [0.3, 0.4) is 0 Å². The average molecular weight is 444 g/mol. The molecule has 2 amide bonds. The van der Waals surface area contributed by atoms with Crippen molar-refractivity contribution in [2.45, 2.75) is 88.4 Å². The lowest BCUT2D eigenvalue weighted by Crippen LogP contribution is -2.48. The minimum absolute atomic E-state index is 0.0363. The highest BCUT2D eigenvalue weighted by Crippen LogP contribution is 2.53. The lowest BCUT2D eigenvalue weighted by Gasteiger charge is -2.32. The van der Waals surface area contributed by atoms with Crippen molar-refractivity contribution in [1.29, 1.82) is 0 Å². The number of nitrogens with one attached hydrogen (secondary N) is 2. The molecule has 2 aliphatic heterocycles. The Hall–Kier alpha value is -2.33. The van der Waals surface area contributed by atoms with E-state index < -0.39 is 0 Å². The lowest BCUT2D eigenvalue weighted by molar-refractivity contribution is 0.185. The first-order valence-electron chi connectivity index (χ1n) is 13.2. The summed E-state index contributed by atoms with van der Waals surface area (Å²) in [5.41, 5.74) is 6.02. The highest BCUT2D eigenvalue weighted by atomic mass is 16.2. The molecule has 2 aliphatic carbocycles. The summed E-state index contributed by atoms with van der Waals surface area (Å²) in [6.45, 7) is 1.23. The van der Waals surface area contributed by atoms with Crippen molar-refractivity contribution in [3.63, 3.8) is 0 Å². The number of carbonyl (C=O) groups excluding carboxylic acids is 1. The molecule has 4 aliphatic rings. The average Bonchev–Trinajstić information content (AvgIpc) is 3.40. The molecule has 4 nitrogen and oxygen atoms in total. The van der Waals surface area contributed by atoms with Gasteiger partial charge in [-0.15, -0.1) is 0 Å². The van der Waals surface area contributed by atoms with Gasteiger partial charge in [-0.3, -0.25) is 4.90 Å². The molecule has 2 aromatic carbocycles. The van der Waals surface area contributed by atoms with Crippen LogP contribution in [0.5, 0.6) is 0 Å². The zero-order valence-electron chi connectivity index (χ0n) is 19.6. The lowest BCUT2D eigenvalue weighted by atomic mass is 9.84. The molecule has 0 spiro atoms. The van der Waals surface area contributed by atoms with Crippen LogP contribution in [0.1, 0.15) is 85.7 Å². The molecule has 0 aromatic heterocycles. The molecule has 3 atom stereocenters.